The molecule has 37 heavy (non-hydrogen) atoms. The van der Waals surface area contributed by atoms with Crippen LogP contribution < -0.4 is 4.74 Å². The number of fused-ring (bicyclic) bond motifs is 1. The molecule has 0 saturated carbocycles. The number of ether oxygens (including phenoxy) is 1. The first-order valence-electron chi connectivity index (χ1n) is 12.1. The average Bonchev–Trinajstić information content (AvgIpc) is 3.42. The van der Waals surface area contributed by atoms with E-state index in [4.69, 9.17) is 14.2 Å². The van der Waals surface area contributed by atoms with Crippen LogP contribution in [0.1, 0.15) is 54.3 Å². The molecule has 4 heterocycles. The largest absolute Gasteiger partial charge is 0.490 e. The number of hydrogen-bond donors (Lipinski definition) is 1. The van der Waals surface area contributed by atoms with Gasteiger partial charge in [0.25, 0.3) is 0 Å². The standard InChI is InChI=1S/C29H28N4O4/c1-16(2)36-26-13-20(29(34)35)9-10-22(26)24-15-33(18(4)25-8-6-7-11-30-25)28-23(24)12-21(14-31-28)27-17(3)32-37-19(27)5/h6-16,18H,1-5H3,(H,34,35). The normalized spacial score (nSPS) is 12.3. The quantitative estimate of drug-likeness (QED) is 0.276. The fourth-order valence-corrected chi connectivity index (χ4v) is 4.67. The van der Waals surface area contributed by atoms with Gasteiger partial charge in [-0.15, -0.1) is 0 Å². The second-order valence-electron chi connectivity index (χ2n) is 9.36. The number of carboxylic acids is 1. The highest BCUT2D eigenvalue weighted by atomic mass is 16.5. The van der Waals surface area contributed by atoms with E-state index in [9.17, 15) is 9.90 Å². The zero-order valence-electron chi connectivity index (χ0n) is 21.4. The number of nitrogens with zero attached hydrogens (tertiary/aromatic N) is 4. The number of aromatic carboxylic acids is 1. The molecule has 8 nitrogen and oxygen atoms in total. The lowest BCUT2D eigenvalue weighted by Gasteiger charge is -2.15. The number of rotatable bonds is 7. The summed E-state index contributed by atoms with van der Waals surface area (Å²) in [5.41, 5.74) is 6.10. The van der Waals surface area contributed by atoms with Gasteiger partial charge < -0.3 is 18.9 Å². The molecule has 0 aliphatic rings. The van der Waals surface area contributed by atoms with Crippen molar-refractivity contribution in [2.24, 2.45) is 0 Å². The van der Waals surface area contributed by atoms with Gasteiger partial charge in [-0.25, -0.2) is 9.78 Å². The van der Waals surface area contributed by atoms with Gasteiger partial charge in [-0.3, -0.25) is 4.98 Å². The molecule has 5 rings (SSSR count). The summed E-state index contributed by atoms with van der Waals surface area (Å²) in [6.45, 7) is 9.70. The summed E-state index contributed by atoms with van der Waals surface area (Å²) in [7, 11) is 0. The minimum Gasteiger partial charge on any atom is -0.490 e. The number of pyridine rings is 2. The van der Waals surface area contributed by atoms with Crippen LogP contribution in [-0.2, 0) is 0 Å². The van der Waals surface area contributed by atoms with Crippen molar-refractivity contribution < 1.29 is 19.2 Å². The van der Waals surface area contributed by atoms with Crippen molar-refractivity contribution in [3.63, 3.8) is 0 Å². The second kappa shape index (κ2) is 9.54. The molecule has 1 unspecified atom stereocenters. The Kier molecular flexibility index (Phi) is 6.25. The number of carboxylic acid groups (broad SMARTS) is 1. The third kappa shape index (κ3) is 4.46. The van der Waals surface area contributed by atoms with Crippen LogP contribution in [0.4, 0.5) is 0 Å². The zero-order valence-corrected chi connectivity index (χ0v) is 21.4. The summed E-state index contributed by atoms with van der Waals surface area (Å²) >= 11 is 0. The molecule has 1 N–H and O–H groups in total. The summed E-state index contributed by atoms with van der Waals surface area (Å²) < 4.78 is 13.6. The van der Waals surface area contributed by atoms with Crippen LogP contribution in [0.25, 0.3) is 33.3 Å². The number of carbonyl (C=O) groups is 1. The summed E-state index contributed by atoms with van der Waals surface area (Å²) in [5.74, 6) is 0.215. The molecule has 4 aromatic heterocycles. The van der Waals surface area contributed by atoms with E-state index in [1.165, 1.54) is 0 Å². The molecule has 1 atom stereocenters. The molecular formula is C29H28N4O4. The van der Waals surface area contributed by atoms with E-state index in [1.54, 1.807) is 24.4 Å². The van der Waals surface area contributed by atoms with Gasteiger partial charge in [0.2, 0.25) is 0 Å². The maximum Gasteiger partial charge on any atom is 0.335 e. The van der Waals surface area contributed by atoms with Gasteiger partial charge in [-0.05, 0) is 71.0 Å². The molecule has 8 heteroatoms. The summed E-state index contributed by atoms with van der Waals surface area (Å²) in [4.78, 5) is 21.1. The van der Waals surface area contributed by atoms with Crippen LogP contribution in [0, 0.1) is 13.8 Å². The number of aromatic nitrogens is 4. The minimum absolute atomic E-state index is 0.0948. The van der Waals surface area contributed by atoms with Crippen molar-refractivity contribution in [2.75, 3.05) is 0 Å². The van der Waals surface area contributed by atoms with E-state index in [0.717, 1.165) is 50.4 Å². The van der Waals surface area contributed by atoms with Crippen molar-refractivity contribution in [1.29, 1.82) is 0 Å². The topological polar surface area (TPSA) is 103 Å². The van der Waals surface area contributed by atoms with Gasteiger partial charge in [0.15, 0.2) is 0 Å². The zero-order chi connectivity index (χ0) is 26.3. The molecule has 0 aliphatic heterocycles. The SMILES string of the molecule is Cc1noc(C)c1-c1cnc2c(c1)c(-c1ccc(C(=O)O)cc1OC(C)C)cn2C(C)c1ccccn1. The third-order valence-electron chi connectivity index (χ3n) is 6.41. The molecule has 5 aromatic rings. The second-order valence-corrected chi connectivity index (χ2v) is 9.36. The smallest absolute Gasteiger partial charge is 0.335 e. The van der Waals surface area contributed by atoms with Crippen LogP contribution >= 0.6 is 0 Å². The van der Waals surface area contributed by atoms with Gasteiger partial charge in [0.1, 0.15) is 17.2 Å². The Labute approximate surface area is 214 Å². The van der Waals surface area contributed by atoms with E-state index in [0.29, 0.717) is 5.75 Å². The van der Waals surface area contributed by atoms with Crippen LogP contribution in [-0.4, -0.2) is 36.9 Å². The molecule has 0 fully saturated rings. The van der Waals surface area contributed by atoms with Crippen LogP contribution in [0.3, 0.4) is 0 Å². The Morgan fingerprint density at radius 1 is 1.05 bits per heavy atom. The molecule has 0 radical (unpaired) electrons. The van der Waals surface area contributed by atoms with E-state index in [1.807, 2.05) is 58.3 Å². The van der Waals surface area contributed by atoms with Crippen LogP contribution in [0.15, 0.2) is 65.6 Å². The molecule has 0 aliphatic carbocycles. The molecular weight excluding hydrogens is 468 g/mol. The predicted octanol–water partition coefficient (Wildman–Crippen LogP) is 6.46. The van der Waals surface area contributed by atoms with Crippen molar-refractivity contribution in [3.8, 4) is 28.0 Å². The van der Waals surface area contributed by atoms with Gasteiger partial charge in [-0.2, -0.15) is 0 Å². The van der Waals surface area contributed by atoms with Crippen molar-refractivity contribution in [3.05, 3.63) is 83.8 Å². The average molecular weight is 497 g/mol. The fraction of sp³-hybridized carbons (Fsp3) is 0.241. The molecule has 0 amide bonds. The van der Waals surface area contributed by atoms with E-state index in [2.05, 4.69) is 27.7 Å². The number of aryl methyl sites for hydroxylation is 2. The number of hydrogen-bond acceptors (Lipinski definition) is 6. The molecule has 0 spiro atoms. The Hall–Kier alpha value is -4.46. The predicted molar refractivity (Wildman–Crippen MR) is 141 cm³/mol. The highest BCUT2D eigenvalue weighted by molar-refractivity contribution is 5.99. The van der Waals surface area contributed by atoms with Crippen molar-refractivity contribution in [1.82, 2.24) is 19.7 Å². The highest BCUT2D eigenvalue weighted by Gasteiger charge is 2.22. The van der Waals surface area contributed by atoms with Crippen LogP contribution in [0.5, 0.6) is 5.75 Å². The van der Waals surface area contributed by atoms with Crippen LogP contribution in [0.2, 0.25) is 0 Å². The highest BCUT2D eigenvalue weighted by Crippen LogP contribution is 2.40. The van der Waals surface area contributed by atoms with Crippen molar-refractivity contribution >= 4 is 17.0 Å². The Balaban J connectivity index is 1.78. The first-order chi connectivity index (χ1) is 17.7. The monoisotopic (exact) mass is 496 g/mol. The minimum atomic E-state index is -1.01. The molecule has 0 saturated heterocycles. The molecule has 0 bridgehead atoms. The molecule has 188 valence electrons. The first kappa shape index (κ1) is 24.2. The lowest BCUT2D eigenvalue weighted by molar-refractivity contribution is 0.0696. The maximum absolute atomic E-state index is 11.7. The Bertz CT molecular complexity index is 1580. The van der Waals surface area contributed by atoms with Gasteiger partial charge >= 0.3 is 5.97 Å². The van der Waals surface area contributed by atoms with Gasteiger partial charge in [0, 0.05) is 46.2 Å². The van der Waals surface area contributed by atoms with Gasteiger partial charge in [-0.1, -0.05) is 11.2 Å². The van der Waals surface area contributed by atoms with E-state index < -0.39 is 5.97 Å². The van der Waals surface area contributed by atoms with E-state index >= 15 is 0 Å². The lowest BCUT2D eigenvalue weighted by Crippen LogP contribution is -2.08. The third-order valence-corrected chi connectivity index (χ3v) is 6.41. The summed E-state index contributed by atoms with van der Waals surface area (Å²) in [5, 5.41) is 14.6. The first-order valence-corrected chi connectivity index (χ1v) is 12.1. The van der Waals surface area contributed by atoms with E-state index in [-0.39, 0.29) is 17.7 Å². The maximum atomic E-state index is 11.7. The number of benzene rings is 1. The lowest BCUT2D eigenvalue weighted by atomic mass is 10.00. The Morgan fingerprint density at radius 2 is 1.86 bits per heavy atom. The molecule has 1 aromatic carbocycles. The van der Waals surface area contributed by atoms with Gasteiger partial charge in [0.05, 0.1) is 29.1 Å². The van der Waals surface area contributed by atoms with Crippen molar-refractivity contribution in [2.45, 2.75) is 46.8 Å². The summed E-state index contributed by atoms with van der Waals surface area (Å²) in [6, 6.07) is 12.8. The fourth-order valence-electron chi connectivity index (χ4n) is 4.67. The Morgan fingerprint density at radius 3 is 2.51 bits per heavy atom. The summed E-state index contributed by atoms with van der Waals surface area (Å²) in [6.07, 6.45) is 5.51.